The molecule has 0 amide bonds. The van der Waals surface area contributed by atoms with Gasteiger partial charge in [0.25, 0.3) is 0 Å². The molecule has 1 unspecified atom stereocenters. The number of rotatable bonds is 3. The van der Waals surface area contributed by atoms with Gasteiger partial charge in [0.2, 0.25) is 0 Å². The highest BCUT2D eigenvalue weighted by atomic mass is 16.5. The molecule has 0 aliphatic carbocycles. The molecule has 1 N–H and O–H groups in total. The zero-order chi connectivity index (χ0) is 16.7. The molecule has 3 aromatic rings. The zero-order valence-electron chi connectivity index (χ0n) is 14.5. The molecule has 0 bridgehead atoms. The van der Waals surface area contributed by atoms with Gasteiger partial charge >= 0.3 is 0 Å². The van der Waals surface area contributed by atoms with Gasteiger partial charge in [-0.05, 0) is 26.0 Å². The molecule has 4 rings (SSSR count). The summed E-state index contributed by atoms with van der Waals surface area (Å²) in [5, 5.41) is 10.1. The van der Waals surface area contributed by atoms with Gasteiger partial charge in [0.15, 0.2) is 11.5 Å². The summed E-state index contributed by atoms with van der Waals surface area (Å²) in [7, 11) is 0. The Morgan fingerprint density at radius 3 is 2.62 bits per heavy atom. The summed E-state index contributed by atoms with van der Waals surface area (Å²) in [6.07, 6.45) is 1.43. The molecule has 6 heteroatoms. The smallest absolute Gasteiger partial charge is 0.194 e. The molecule has 0 saturated carbocycles. The van der Waals surface area contributed by atoms with Crippen LogP contribution in [0.4, 0.5) is 0 Å². The molecule has 1 aromatic carbocycles. The Balaban J connectivity index is 1.77. The molecular weight excluding hydrogens is 302 g/mol. The Bertz CT molecular complexity index is 864. The SMILES string of the molecule is CCc1nc2ccccc2c2nnc(C[NH+]3C[C@@H](C)O[C@@H](C)C3)n12. The molecule has 126 valence electrons. The van der Waals surface area contributed by atoms with Crippen molar-refractivity contribution in [1.82, 2.24) is 19.6 Å². The number of aryl methyl sites for hydroxylation is 1. The number of hydrogen-bond donors (Lipinski definition) is 1. The van der Waals surface area contributed by atoms with Crippen LogP contribution in [0.25, 0.3) is 16.6 Å². The van der Waals surface area contributed by atoms with E-state index in [1.165, 1.54) is 4.90 Å². The fourth-order valence-corrected chi connectivity index (χ4v) is 3.82. The average molecular weight is 326 g/mol. The maximum atomic E-state index is 5.85. The van der Waals surface area contributed by atoms with E-state index in [2.05, 4.69) is 41.4 Å². The predicted octanol–water partition coefficient (Wildman–Crippen LogP) is 1.03. The molecule has 1 saturated heterocycles. The average Bonchev–Trinajstić information content (AvgIpc) is 2.97. The lowest BCUT2D eigenvalue weighted by atomic mass is 10.2. The summed E-state index contributed by atoms with van der Waals surface area (Å²) in [4.78, 5) is 6.32. The van der Waals surface area contributed by atoms with E-state index in [1.54, 1.807) is 0 Å². The van der Waals surface area contributed by atoms with E-state index in [-0.39, 0.29) is 12.2 Å². The Hall–Kier alpha value is -2.05. The first-order valence-corrected chi connectivity index (χ1v) is 8.76. The van der Waals surface area contributed by atoms with Crippen molar-refractivity contribution in [2.45, 2.75) is 45.9 Å². The van der Waals surface area contributed by atoms with E-state index in [9.17, 15) is 0 Å². The largest absolute Gasteiger partial charge is 0.364 e. The lowest BCUT2D eigenvalue weighted by molar-refractivity contribution is -0.929. The van der Waals surface area contributed by atoms with Crippen LogP contribution in [0, 0.1) is 0 Å². The normalized spacial score (nSPS) is 24.7. The first kappa shape index (κ1) is 15.5. The van der Waals surface area contributed by atoms with Crippen LogP contribution in [0.5, 0.6) is 0 Å². The van der Waals surface area contributed by atoms with Gasteiger partial charge < -0.3 is 9.64 Å². The second kappa shape index (κ2) is 6.11. The van der Waals surface area contributed by atoms with E-state index >= 15 is 0 Å². The number of fused-ring (bicyclic) bond motifs is 3. The molecule has 3 atom stereocenters. The summed E-state index contributed by atoms with van der Waals surface area (Å²) in [5.74, 6) is 2.02. The number of ether oxygens (including phenoxy) is 1. The van der Waals surface area contributed by atoms with E-state index in [1.807, 2.05) is 18.2 Å². The van der Waals surface area contributed by atoms with Crippen molar-refractivity contribution >= 4 is 16.6 Å². The summed E-state index contributed by atoms with van der Waals surface area (Å²) < 4.78 is 8.00. The molecule has 2 aromatic heterocycles. The van der Waals surface area contributed by atoms with Crippen molar-refractivity contribution in [2.75, 3.05) is 13.1 Å². The van der Waals surface area contributed by atoms with E-state index in [0.717, 1.165) is 54.3 Å². The molecular formula is C18H24N5O+. The Morgan fingerprint density at radius 2 is 1.88 bits per heavy atom. The van der Waals surface area contributed by atoms with Gasteiger partial charge in [-0.1, -0.05) is 19.1 Å². The van der Waals surface area contributed by atoms with Crippen molar-refractivity contribution in [3.8, 4) is 0 Å². The minimum absolute atomic E-state index is 0.285. The minimum Gasteiger partial charge on any atom is -0.364 e. The van der Waals surface area contributed by atoms with Gasteiger partial charge in [-0.3, -0.25) is 4.40 Å². The second-order valence-corrected chi connectivity index (χ2v) is 6.77. The highest BCUT2D eigenvalue weighted by Gasteiger charge is 2.27. The number of nitrogens with one attached hydrogen (secondary N) is 1. The molecule has 1 aliphatic heterocycles. The monoisotopic (exact) mass is 326 g/mol. The van der Waals surface area contributed by atoms with Crippen LogP contribution in [0.1, 0.15) is 32.4 Å². The summed E-state index contributed by atoms with van der Waals surface area (Å²) >= 11 is 0. The molecule has 3 heterocycles. The zero-order valence-corrected chi connectivity index (χ0v) is 14.5. The number of para-hydroxylation sites is 1. The quantitative estimate of drug-likeness (QED) is 0.781. The van der Waals surface area contributed by atoms with Crippen molar-refractivity contribution in [1.29, 1.82) is 0 Å². The van der Waals surface area contributed by atoms with Crippen molar-refractivity contribution in [3.05, 3.63) is 35.9 Å². The fraction of sp³-hybridized carbons (Fsp3) is 0.500. The van der Waals surface area contributed by atoms with Gasteiger partial charge in [-0.2, -0.15) is 0 Å². The van der Waals surface area contributed by atoms with Gasteiger partial charge in [-0.25, -0.2) is 4.98 Å². The number of morpholine rings is 1. The van der Waals surface area contributed by atoms with Gasteiger partial charge in [-0.15, -0.1) is 10.2 Å². The van der Waals surface area contributed by atoms with Gasteiger partial charge in [0.1, 0.15) is 37.7 Å². The minimum atomic E-state index is 0.285. The molecule has 0 radical (unpaired) electrons. The molecule has 24 heavy (non-hydrogen) atoms. The fourth-order valence-electron chi connectivity index (χ4n) is 3.82. The van der Waals surface area contributed by atoms with Gasteiger partial charge in [0.05, 0.1) is 5.52 Å². The van der Waals surface area contributed by atoms with Crippen LogP contribution in [0.3, 0.4) is 0 Å². The molecule has 1 fully saturated rings. The van der Waals surface area contributed by atoms with Crippen LogP contribution in [0.2, 0.25) is 0 Å². The predicted molar refractivity (Wildman–Crippen MR) is 92.1 cm³/mol. The van der Waals surface area contributed by atoms with Crippen LogP contribution in [-0.4, -0.2) is 44.9 Å². The summed E-state index contributed by atoms with van der Waals surface area (Å²) in [5.41, 5.74) is 1.91. The summed E-state index contributed by atoms with van der Waals surface area (Å²) in [6.45, 7) is 9.27. The number of quaternary nitrogens is 1. The van der Waals surface area contributed by atoms with E-state index < -0.39 is 0 Å². The van der Waals surface area contributed by atoms with Gasteiger partial charge in [0, 0.05) is 11.8 Å². The third kappa shape index (κ3) is 2.65. The van der Waals surface area contributed by atoms with E-state index in [0.29, 0.717) is 0 Å². The number of hydrogen-bond acceptors (Lipinski definition) is 4. The van der Waals surface area contributed by atoms with Crippen LogP contribution in [-0.2, 0) is 17.7 Å². The highest BCUT2D eigenvalue weighted by Crippen LogP contribution is 2.19. The highest BCUT2D eigenvalue weighted by molar-refractivity contribution is 5.91. The third-order valence-electron chi connectivity index (χ3n) is 4.72. The Kier molecular flexibility index (Phi) is 3.94. The molecule has 1 aliphatic rings. The Morgan fingerprint density at radius 1 is 1.12 bits per heavy atom. The number of aromatic nitrogens is 4. The van der Waals surface area contributed by atoms with Crippen LogP contribution in [0.15, 0.2) is 24.3 Å². The summed E-state index contributed by atoms with van der Waals surface area (Å²) in [6, 6.07) is 8.16. The first-order chi connectivity index (χ1) is 11.7. The maximum Gasteiger partial charge on any atom is 0.194 e. The standard InChI is InChI=1S/C18H23N5O/c1-4-16-19-15-8-6-5-7-14(15)18-21-20-17(23(16)18)11-22-9-12(2)24-13(3)10-22/h5-8,12-13H,4,9-11H2,1-3H3/p+1/t12-,13+. The topological polar surface area (TPSA) is 56.8 Å². The van der Waals surface area contributed by atoms with Crippen LogP contribution >= 0.6 is 0 Å². The number of nitrogens with zero attached hydrogens (tertiary/aromatic N) is 4. The third-order valence-corrected chi connectivity index (χ3v) is 4.72. The van der Waals surface area contributed by atoms with E-state index in [4.69, 9.17) is 9.72 Å². The Labute approximate surface area is 141 Å². The maximum absolute atomic E-state index is 5.85. The molecule has 0 spiro atoms. The lowest BCUT2D eigenvalue weighted by Crippen LogP contribution is -3.14. The first-order valence-electron chi connectivity index (χ1n) is 8.76. The van der Waals surface area contributed by atoms with Crippen molar-refractivity contribution in [2.24, 2.45) is 0 Å². The van der Waals surface area contributed by atoms with Crippen molar-refractivity contribution < 1.29 is 9.64 Å². The number of benzene rings is 1. The van der Waals surface area contributed by atoms with Crippen LogP contribution < -0.4 is 4.90 Å². The molecule has 6 nitrogen and oxygen atoms in total. The second-order valence-electron chi connectivity index (χ2n) is 6.77. The lowest BCUT2D eigenvalue weighted by Gasteiger charge is -2.31. The van der Waals surface area contributed by atoms with Crippen molar-refractivity contribution in [3.63, 3.8) is 0 Å².